The van der Waals surface area contributed by atoms with Gasteiger partial charge in [0.15, 0.2) is 0 Å². The Labute approximate surface area is 187 Å². The van der Waals surface area contributed by atoms with Crippen LogP contribution in [0.2, 0.25) is 0 Å². The standard InChI is InChI=1S/C25H22O3.C2H4O2/c1-17(26)28-22-15-11-20(12-16-22)25(19-9-13-21(27)14-10-19)24-8-4-6-18-5-2-3-7-23(18)24;1-2(3)4/h2-3,5,7,9-16,27H,4,6,8H2,1H3;1H3,(H,3,4). The molecule has 0 unspecified atom stereocenters. The first-order chi connectivity index (χ1) is 15.3. The maximum absolute atomic E-state index is 11.2. The van der Waals surface area contributed by atoms with E-state index in [2.05, 4.69) is 24.3 Å². The Bertz CT molecular complexity index is 1120. The first-order valence-corrected chi connectivity index (χ1v) is 10.4. The highest BCUT2D eigenvalue weighted by Crippen LogP contribution is 2.40. The molecule has 0 fully saturated rings. The molecule has 164 valence electrons. The summed E-state index contributed by atoms with van der Waals surface area (Å²) in [7, 11) is 0. The fraction of sp³-hybridized carbons (Fsp3) is 0.185. The van der Waals surface area contributed by atoms with Gasteiger partial charge in [-0.15, -0.1) is 0 Å². The van der Waals surface area contributed by atoms with Crippen molar-refractivity contribution in [2.24, 2.45) is 0 Å². The maximum Gasteiger partial charge on any atom is 0.308 e. The summed E-state index contributed by atoms with van der Waals surface area (Å²) < 4.78 is 5.18. The van der Waals surface area contributed by atoms with Gasteiger partial charge in [-0.3, -0.25) is 9.59 Å². The summed E-state index contributed by atoms with van der Waals surface area (Å²) >= 11 is 0. The first kappa shape index (κ1) is 22.8. The SMILES string of the molecule is CC(=O)O.CC(=O)Oc1ccc(C(=C2CCCc3ccccc32)c2ccc(O)cc2)cc1. The Morgan fingerprint density at radius 1 is 0.812 bits per heavy atom. The summed E-state index contributed by atoms with van der Waals surface area (Å²) in [4.78, 5) is 20.2. The lowest BCUT2D eigenvalue weighted by atomic mass is 9.81. The Morgan fingerprint density at radius 3 is 1.97 bits per heavy atom. The number of benzene rings is 3. The number of esters is 1. The molecule has 4 rings (SSSR count). The van der Waals surface area contributed by atoms with E-state index in [4.69, 9.17) is 14.6 Å². The van der Waals surface area contributed by atoms with Crippen LogP contribution in [-0.4, -0.2) is 22.2 Å². The lowest BCUT2D eigenvalue weighted by Crippen LogP contribution is -2.05. The van der Waals surface area contributed by atoms with Crippen LogP contribution in [-0.2, 0) is 16.0 Å². The minimum Gasteiger partial charge on any atom is -0.508 e. The van der Waals surface area contributed by atoms with E-state index in [9.17, 15) is 9.90 Å². The van der Waals surface area contributed by atoms with Crippen LogP contribution in [0.5, 0.6) is 11.5 Å². The van der Waals surface area contributed by atoms with Crippen LogP contribution < -0.4 is 4.74 Å². The number of phenols is 1. The number of carbonyl (C=O) groups excluding carboxylic acids is 1. The van der Waals surface area contributed by atoms with E-state index < -0.39 is 5.97 Å². The zero-order valence-electron chi connectivity index (χ0n) is 18.2. The number of carboxylic acid groups (broad SMARTS) is 1. The van der Waals surface area contributed by atoms with Gasteiger partial charge in [-0.25, -0.2) is 0 Å². The van der Waals surface area contributed by atoms with E-state index in [0.29, 0.717) is 5.75 Å². The minimum absolute atomic E-state index is 0.252. The van der Waals surface area contributed by atoms with Gasteiger partial charge in [-0.1, -0.05) is 48.5 Å². The van der Waals surface area contributed by atoms with E-state index in [0.717, 1.165) is 42.9 Å². The highest BCUT2D eigenvalue weighted by molar-refractivity contribution is 5.99. The molecule has 2 N–H and O–H groups in total. The van der Waals surface area contributed by atoms with Crippen molar-refractivity contribution in [2.75, 3.05) is 0 Å². The maximum atomic E-state index is 11.2. The van der Waals surface area contributed by atoms with Crippen molar-refractivity contribution in [3.05, 3.63) is 95.1 Å². The van der Waals surface area contributed by atoms with Gasteiger partial charge in [0.2, 0.25) is 0 Å². The van der Waals surface area contributed by atoms with Crippen molar-refractivity contribution in [2.45, 2.75) is 33.1 Å². The Kier molecular flexibility index (Phi) is 7.45. The summed E-state index contributed by atoms with van der Waals surface area (Å²) in [6.07, 6.45) is 3.20. The summed E-state index contributed by atoms with van der Waals surface area (Å²) in [5.41, 5.74) is 7.25. The monoisotopic (exact) mass is 430 g/mol. The molecule has 32 heavy (non-hydrogen) atoms. The molecule has 0 heterocycles. The second-order valence-electron chi connectivity index (χ2n) is 7.55. The average molecular weight is 431 g/mol. The van der Waals surface area contributed by atoms with Crippen LogP contribution in [0.1, 0.15) is 48.9 Å². The molecule has 5 heteroatoms. The molecule has 0 amide bonds. The van der Waals surface area contributed by atoms with Crippen molar-refractivity contribution in [3.8, 4) is 11.5 Å². The Balaban J connectivity index is 0.000000668. The molecule has 0 spiro atoms. The number of rotatable bonds is 3. The number of fused-ring (bicyclic) bond motifs is 1. The largest absolute Gasteiger partial charge is 0.508 e. The predicted molar refractivity (Wildman–Crippen MR) is 124 cm³/mol. The summed E-state index contributed by atoms with van der Waals surface area (Å²) in [5.74, 6) is -0.372. The molecule has 0 aromatic heterocycles. The normalized spacial score (nSPS) is 13.8. The van der Waals surface area contributed by atoms with Crippen LogP contribution in [0.4, 0.5) is 0 Å². The number of phenolic OH excluding ortho intramolecular Hbond substituents is 1. The topological polar surface area (TPSA) is 83.8 Å². The molecule has 0 radical (unpaired) electrons. The summed E-state index contributed by atoms with van der Waals surface area (Å²) in [5, 5.41) is 17.1. The van der Waals surface area contributed by atoms with E-state index in [1.807, 2.05) is 36.4 Å². The third kappa shape index (κ3) is 5.85. The molecule has 0 saturated heterocycles. The molecular formula is C27H26O5. The minimum atomic E-state index is -0.833. The molecule has 5 nitrogen and oxygen atoms in total. The third-order valence-electron chi connectivity index (χ3n) is 5.08. The predicted octanol–water partition coefficient (Wildman–Crippen LogP) is 5.70. The number of carbonyl (C=O) groups is 2. The number of aromatic hydroxyl groups is 1. The third-order valence-corrected chi connectivity index (χ3v) is 5.08. The summed E-state index contributed by atoms with van der Waals surface area (Å²) in [6.45, 7) is 2.48. The molecule has 3 aromatic carbocycles. The van der Waals surface area contributed by atoms with Crippen molar-refractivity contribution >= 4 is 23.1 Å². The zero-order valence-corrected chi connectivity index (χ0v) is 18.2. The second-order valence-corrected chi connectivity index (χ2v) is 7.55. The molecule has 3 aromatic rings. The molecule has 0 bridgehead atoms. The van der Waals surface area contributed by atoms with Crippen LogP contribution in [0.15, 0.2) is 72.8 Å². The van der Waals surface area contributed by atoms with Gasteiger partial charge in [0.05, 0.1) is 0 Å². The van der Waals surface area contributed by atoms with Crippen molar-refractivity contribution in [3.63, 3.8) is 0 Å². The van der Waals surface area contributed by atoms with Gasteiger partial charge in [0.1, 0.15) is 11.5 Å². The second kappa shape index (κ2) is 10.4. The van der Waals surface area contributed by atoms with Crippen molar-refractivity contribution in [1.82, 2.24) is 0 Å². The van der Waals surface area contributed by atoms with Gasteiger partial charge in [-0.2, -0.15) is 0 Å². The van der Waals surface area contributed by atoms with Gasteiger partial charge in [-0.05, 0) is 76.9 Å². The van der Waals surface area contributed by atoms with Gasteiger partial charge >= 0.3 is 5.97 Å². The average Bonchev–Trinajstić information content (AvgIpc) is 2.76. The lowest BCUT2D eigenvalue weighted by Gasteiger charge is -2.23. The molecule has 1 aliphatic rings. The molecule has 0 atom stereocenters. The smallest absolute Gasteiger partial charge is 0.308 e. The van der Waals surface area contributed by atoms with Gasteiger partial charge in [0, 0.05) is 13.8 Å². The number of carboxylic acids is 1. The number of hydrogen-bond donors (Lipinski definition) is 2. The molecule has 0 saturated carbocycles. The number of aryl methyl sites for hydroxylation is 1. The Morgan fingerprint density at radius 2 is 1.38 bits per heavy atom. The van der Waals surface area contributed by atoms with Crippen LogP contribution >= 0.6 is 0 Å². The van der Waals surface area contributed by atoms with E-state index >= 15 is 0 Å². The molecule has 1 aliphatic carbocycles. The van der Waals surface area contributed by atoms with Gasteiger partial charge < -0.3 is 14.9 Å². The Hall–Kier alpha value is -3.86. The highest BCUT2D eigenvalue weighted by Gasteiger charge is 2.19. The quantitative estimate of drug-likeness (QED) is 0.411. The van der Waals surface area contributed by atoms with E-state index in [1.54, 1.807) is 12.1 Å². The number of ether oxygens (including phenoxy) is 1. The van der Waals surface area contributed by atoms with Crippen LogP contribution in [0.25, 0.3) is 11.1 Å². The fourth-order valence-electron chi connectivity index (χ4n) is 3.88. The van der Waals surface area contributed by atoms with E-state index in [1.165, 1.54) is 23.6 Å². The number of aliphatic carboxylic acids is 1. The van der Waals surface area contributed by atoms with Gasteiger partial charge in [0.25, 0.3) is 5.97 Å². The summed E-state index contributed by atoms with van der Waals surface area (Å²) in [6, 6.07) is 23.6. The number of allylic oxidation sites excluding steroid dienone is 1. The number of hydrogen-bond acceptors (Lipinski definition) is 4. The van der Waals surface area contributed by atoms with Crippen molar-refractivity contribution < 1.29 is 24.5 Å². The molecular weight excluding hydrogens is 404 g/mol. The van der Waals surface area contributed by atoms with Crippen LogP contribution in [0.3, 0.4) is 0 Å². The van der Waals surface area contributed by atoms with E-state index in [-0.39, 0.29) is 11.7 Å². The lowest BCUT2D eigenvalue weighted by molar-refractivity contribution is -0.134. The fourth-order valence-corrected chi connectivity index (χ4v) is 3.88. The molecule has 0 aliphatic heterocycles. The van der Waals surface area contributed by atoms with Crippen LogP contribution in [0, 0.1) is 0 Å². The zero-order chi connectivity index (χ0) is 23.1. The van der Waals surface area contributed by atoms with Crippen molar-refractivity contribution in [1.29, 1.82) is 0 Å². The first-order valence-electron chi connectivity index (χ1n) is 10.4. The highest BCUT2D eigenvalue weighted by atomic mass is 16.5.